The maximum absolute atomic E-state index is 10.4. The van der Waals surface area contributed by atoms with Crippen LogP contribution in [0.3, 0.4) is 0 Å². The number of rotatable bonds is 6. The van der Waals surface area contributed by atoms with E-state index in [9.17, 15) is 19.5 Å². The molecule has 6 heterocycles. The summed E-state index contributed by atoms with van der Waals surface area (Å²) in [6.45, 7) is 6.94. The zero-order valence-electron chi connectivity index (χ0n) is 29.4. The molecule has 11 nitrogen and oxygen atoms in total. The van der Waals surface area contributed by atoms with E-state index >= 15 is 0 Å². The number of hydrogen-bond acceptors (Lipinski definition) is 8. The molecule has 8 bridgehead atoms. The molecule has 0 aliphatic carbocycles. The summed E-state index contributed by atoms with van der Waals surface area (Å²) in [6.07, 6.45) is 10.6. The molecule has 1 aromatic carbocycles. The van der Waals surface area contributed by atoms with Gasteiger partial charge in [-0.25, -0.2) is 14.8 Å². The Morgan fingerprint density at radius 1 is 0.736 bits per heavy atom. The van der Waals surface area contributed by atoms with Crippen molar-refractivity contribution >= 4 is 69.8 Å². The molecule has 0 unspecified atom stereocenters. The number of fused-ring (bicyclic) bond motifs is 8. The van der Waals surface area contributed by atoms with E-state index in [1.807, 2.05) is 68.5 Å². The number of halogens is 1. The quantitative estimate of drug-likeness (QED) is 0.170. The number of allylic oxidation sites excluding steroid dienone is 3. The van der Waals surface area contributed by atoms with Gasteiger partial charge in [0.2, 0.25) is 0 Å². The number of hydrogen-bond donors (Lipinski definition) is 3. The van der Waals surface area contributed by atoms with Crippen molar-refractivity contribution in [1.29, 1.82) is 0 Å². The Morgan fingerprint density at radius 3 is 1.64 bits per heavy atom. The zero-order chi connectivity index (χ0) is 36.5. The van der Waals surface area contributed by atoms with Crippen molar-refractivity contribution in [2.75, 3.05) is 6.61 Å². The van der Waals surface area contributed by atoms with Crippen LogP contribution in [-0.4, -0.2) is 55.1 Å². The molecule has 0 saturated carbocycles. The number of aromatic amines is 2. The Labute approximate surface area is 337 Å². The van der Waals surface area contributed by atoms with Crippen LogP contribution in [0.5, 0.6) is 5.75 Å². The third-order valence-corrected chi connectivity index (χ3v) is 7.74. The van der Waals surface area contributed by atoms with Gasteiger partial charge < -0.3 is 42.1 Å². The van der Waals surface area contributed by atoms with Crippen LogP contribution in [0.1, 0.15) is 62.5 Å². The van der Waals surface area contributed by atoms with Crippen molar-refractivity contribution in [1.82, 2.24) is 19.9 Å². The number of aliphatic imine (C=N–C) groups is 1. The van der Waals surface area contributed by atoms with Gasteiger partial charge in [-0.1, -0.05) is 4.99 Å². The Bertz CT molecular complexity index is 2220. The third-order valence-electron chi connectivity index (χ3n) is 7.74. The number of H-pyrrole nitrogens is 2. The van der Waals surface area contributed by atoms with Crippen LogP contribution in [0.2, 0.25) is 0 Å². The third kappa shape index (κ3) is 12.4. The number of carbonyl (C=O) groups is 3. The van der Waals surface area contributed by atoms with Gasteiger partial charge in [-0.3, -0.25) is 4.79 Å². The Kier molecular flexibility index (Phi) is 15.5. The molecule has 3 aromatic heterocycles. The maximum Gasteiger partial charge on any atom is 0.341 e. The summed E-state index contributed by atoms with van der Waals surface area (Å²) in [5.41, 5.74) is 13.1. The van der Waals surface area contributed by atoms with E-state index in [0.717, 1.165) is 67.3 Å². The number of ketones is 1. The molecular weight excluding hydrogens is 771 g/mol. The minimum Gasteiger partial charge on any atom is -1.00 e. The molecule has 13 heteroatoms. The summed E-state index contributed by atoms with van der Waals surface area (Å²) in [4.78, 5) is 50.1. The number of nitrogens with zero attached hydrogens (tertiary/aromatic N) is 3. The first-order valence-electron chi connectivity index (χ1n) is 16.0. The number of aromatic nitrogens is 4. The van der Waals surface area contributed by atoms with Crippen molar-refractivity contribution in [2.45, 2.75) is 34.1 Å². The molecule has 7 rings (SSSR count). The Balaban J connectivity index is 0.000000238. The van der Waals surface area contributed by atoms with Gasteiger partial charge in [-0.05, 0) is 118 Å². The van der Waals surface area contributed by atoms with Gasteiger partial charge in [0.15, 0.2) is 18.5 Å². The number of benzene rings is 1. The topological polar surface area (TPSA) is 173 Å². The fourth-order valence-corrected chi connectivity index (χ4v) is 5.05. The number of aliphatic carboxylic acids is 2. The van der Waals surface area contributed by atoms with Crippen molar-refractivity contribution in [2.24, 2.45) is 4.99 Å². The average molecular weight is 806 g/mol. The second-order valence-corrected chi connectivity index (χ2v) is 11.8. The molecule has 0 fully saturated rings. The molecule has 53 heavy (non-hydrogen) atoms. The number of carbonyl (C=O) groups excluding carboxylic acids is 2. The second kappa shape index (κ2) is 19.5. The van der Waals surface area contributed by atoms with Crippen LogP contribution < -0.4 is 22.3 Å². The summed E-state index contributed by atoms with van der Waals surface area (Å²) in [7, 11) is 0. The smallest absolute Gasteiger partial charge is 0.341 e. The van der Waals surface area contributed by atoms with Crippen LogP contribution >= 0.6 is 0 Å². The second-order valence-electron chi connectivity index (χ2n) is 11.8. The number of carboxylic acids is 2. The van der Waals surface area contributed by atoms with Crippen molar-refractivity contribution in [3.05, 3.63) is 124 Å². The fraction of sp³-hybridized carbons (Fsp3) is 0.150. The maximum atomic E-state index is 10.4. The van der Waals surface area contributed by atoms with Gasteiger partial charge in [0.1, 0.15) is 17.1 Å². The molecule has 0 saturated heterocycles. The van der Waals surface area contributed by atoms with E-state index in [4.69, 9.17) is 9.84 Å². The summed E-state index contributed by atoms with van der Waals surface area (Å²) in [5, 5.41) is 18.0. The molecule has 0 atom stereocenters. The van der Waals surface area contributed by atoms with Gasteiger partial charge in [0.05, 0.1) is 39.5 Å². The number of carboxylic acid groups (broad SMARTS) is 2. The van der Waals surface area contributed by atoms with E-state index in [-0.39, 0.29) is 57.5 Å². The largest absolute Gasteiger partial charge is 1.00 e. The van der Waals surface area contributed by atoms with Gasteiger partial charge in [-0.2, -0.15) is 0 Å². The van der Waals surface area contributed by atoms with Crippen molar-refractivity contribution < 1.29 is 74.4 Å². The Morgan fingerprint density at radius 2 is 1.21 bits per heavy atom. The number of ether oxygens (including phenoxy) is 1. The van der Waals surface area contributed by atoms with Gasteiger partial charge >= 0.3 is 5.97 Å². The normalized spacial score (nSPS) is 12.2. The first-order chi connectivity index (χ1) is 24.4. The first-order valence-corrected chi connectivity index (χ1v) is 16.0. The minimum absolute atomic E-state index is 0. The molecule has 267 valence electrons. The zero-order valence-corrected chi connectivity index (χ0v) is 33.0. The fourth-order valence-electron chi connectivity index (χ4n) is 5.05. The standard InChI is InChI=1S/C20H14N4.C16H15NO3.C4H6O3.ClH.Y/c1-2-14-10-16-5-6-18(23-16)12-20-8-7-19(24-20)11-17-4-3-15(22-17)9-13(1)21-14;1-10-8-17-16(12(3)11(10)2)13-4-6-14(7-5-13)20-9-15(18)19;1-3(5)2-4(6)7;;/h1-12,21-22H;4-7H,9H2,1-3H3;2H2,1H3,(H,6,7);1H;/p-1. The molecule has 0 amide bonds. The van der Waals surface area contributed by atoms with Crippen molar-refractivity contribution in [3.63, 3.8) is 0 Å². The molecule has 3 aliphatic heterocycles. The van der Waals surface area contributed by atoms with Crippen LogP contribution in [-0.2, 0) is 47.1 Å². The first kappa shape index (κ1) is 42.1. The van der Waals surface area contributed by atoms with E-state index in [1.165, 1.54) is 12.5 Å². The monoisotopic (exact) mass is 805 g/mol. The SMILES string of the molecule is C1=Cc2cc3ccc(cc4ccc(cc5nc(cc1n2)C=C5)[nH]4)[nH]3.CC(=O)CC(=O)[O-].CC1=[C+]N=C(c2ccc(OCC(=O)O)cc2)C(C)=C1C.[Cl-].[Y]. The van der Waals surface area contributed by atoms with Crippen molar-refractivity contribution in [3.8, 4) is 5.75 Å². The van der Waals surface area contributed by atoms with E-state index in [1.54, 1.807) is 12.1 Å². The van der Waals surface area contributed by atoms with E-state index in [2.05, 4.69) is 68.4 Å². The van der Waals surface area contributed by atoms with Crippen LogP contribution in [0, 0.1) is 6.20 Å². The van der Waals surface area contributed by atoms with Gasteiger partial charge in [0.25, 0.3) is 0 Å². The summed E-state index contributed by atoms with van der Waals surface area (Å²) in [6, 6.07) is 23.6. The summed E-state index contributed by atoms with van der Waals surface area (Å²) in [5.74, 6) is -2.15. The summed E-state index contributed by atoms with van der Waals surface area (Å²) >= 11 is 0. The molecule has 1 radical (unpaired) electrons. The average Bonchev–Trinajstić information content (AvgIpc) is 3.90. The number of nitrogens with one attached hydrogen (secondary N) is 2. The van der Waals surface area contributed by atoms with E-state index in [0.29, 0.717) is 5.75 Å². The van der Waals surface area contributed by atoms with E-state index < -0.39 is 18.4 Å². The minimum atomic E-state index is -1.31. The molecule has 3 N–H and O–H groups in total. The predicted octanol–water partition coefficient (Wildman–Crippen LogP) is 3.37. The molecule has 4 aromatic rings. The molecule has 3 aliphatic rings. The molecule has 0 spiro atoms. The molecular formula is C40H35ClN5O6Y-. The Hall–Kier alpha value is -5.32. The van der Waals surface area contributed by atoms with Crippen LogP contribution in [0.4, 0.5) is 0 Å². The predicted molar refractivity (Wildman–Crippen MR) is 196 cm³/mol. The number of Topliss-reactive ketones (excluding diaryl/α,β-unsaturated/α-hetero) is 1. The van der Waals surface area contributed by atoms with Crippen LogP contribution in [0.15, 0.2) is 94.5 Å². The van der Waals surface area contributed by atoms with Gasteiger partial charge in [-0.15, -0.1) is 0 Å². The van der Waals surface area contributed by atoms with Crippen LogP contribution in [0.25, 0.3) is 46.4 Å². The van der Waals surface area contributed by atoms with Gasteiger partial charge in [0, 0.05) is 74.1 Å². The summed E-state index contributed by atoms with van der Waals surface area (Å²) < 4.78 is 5.10.